The Labute approximate surface area is 157 Å². The van der Waals surface area contributed by atoms with Crippen molar-refractivity contribution in [3.8, 4) is 0 Å². The minimum atomic E-state index is -3.89. The van der Waals surface area contributed by atoms with Gasteiger partial charge in [-0.25, -0.2) is 12.8 Å². The van der Waals surface area contributed by atoms with E-state index in [0.717, 1.165) is 27.2 Å². The van der Waals surface area contributed by atoms with Crippen LogP contribution in [0.25, 0.3) is 10.8 Å². The monoisotopic (exact) mass is 386 g/mol. The highest BCUT2D eigenvalue weighted by Crippen LogP contribution is 2.26. The lowest BCUT2D eigenvalue weighted by Crippen LogP contribution is -2.39. The average Bonchev–Trinajstić information content (AvgIpc) is 2.67. The summed E-state index contributed by atoms with van der Waals surface area (Å²) in [7, 11) is -0.949. The SMILES string of the molecule is CN(C(=O)CN(C)S(=O)(=O)c1ccc(F)cc1)c1cccc2ccccc12. The quantitative estimate of drug-likeness (QED) is 0.676. The molecule has 0 bridgehead atoms. The van der Waals surface area contributed by atoms with Crippen LogP contribution >= 0.6 is 0 Å². The lowest BCUT2D eigenvalue weighted by atomic mass is 10.1. The van der Waals surface area contributed by atoms with Gasteiger partial charge in [0.25, 0.3) is 0 Å². The predicted molar refractivity (Wildman–Crippen MR) is 104 cm³/mol. The van der Waals surface area contributed by atoms with Crippen LogP contribution in [0, 0.1) is 5.82 Å². The molecule has 0 saturated heterocycles. The van der Waals surface area contributed by atoms with Gasteiger partial charge in [-0.1, -0.05) is 36.4 Å². The summed E-state index contributed by atoms with van der Waals surface area (Å²) in [6.07, 6.45) is 0. The number of fused-ring (bicyclic) bond motifs is 1. The maximum Gasteiger partial charge on any atom is 0.243 e. The van der Waals surface area contributed by atoms with Crippen molar-refractivity contribution in [3.05, 3.63) is 72.5 Å². The molecule has 3 aromatic rings. The normalized spacial score (nSPS) is 11.7. The van der Waals surface area contributed by atoms with Crippen LogP contribution in [-0.2, 0) is 14.8 Å². The van der Waals surface area contributed by atoms with Gasteiger partial charge in [-0.15, -0.1) is 0 Å². The van der Waals surface area contributed by atoms with E-state index in [1.165, 1.54) is 24.1 Å². The first-order chi connectivity index (χ1) is 12.8. The van der Waals surface area contributed by atoms with Crippen molar-refractivity contribution in [3.63, 3.8) is 0 Å². The number of carbonyl (C=O) groups excluding carboxylic acids is 1. The molecule has 5 nitrogen and oxygen atoms in total. The lowest BCUT2D eigenvalue weighted by molar-refractivity contribution is -0.118. The van der Waals surface area contributed by atoms with E-state index >= 15 is 0 Å². The Balaban J connectivity index is 1.82. The maximum atomic E-state index is 13.0. The first-order valence-corrected chi connectivity index (χ1v) is 9.71. The van der Waals surface area contributed by atoms with Crippen molar-refractivity contribution in [2.45, 2.75) is 4.90 Å². The Morgan fingerprint density at radius 3 is 2.26 bits per heavy atom. The zero-order chi connectivity index (χ0) is 19.6. The minimum Gasteiger partial charge on any atom is -0.314 e. The number of rotatable bonds is 5. The molecule has 0 aliphatic heterocycles. The summed E-state index contributed by atoms with van der Waals surface area (Å²) in [6, 6.07) is 17.8. The molecular formula is C20H19FN2O3S. The molecule has 0 fully saturated rings. The highest BCUT2D eigenvalue weighted by Gasteiger charge is 2.25. The summed E-state index contributed by atoms with van der Waals surface area (Å²) in [5.41, 5.74) is 0.700. The Bertz CT molecular complexity index is 1080. The summed E-state index contributed by atoms with van der Waals surface area (Å²) >= 11 is 0. The van der Waals surface area contributed by atoms with Gasteiger partial charge in [0.05, 0.1) is 17.1 Å². The number of benzene rings is 3. The fourth-order valence-electron chi connectivity index (χ4n) is 2.80. The van der Waals surface area contributed by atoms with E-state index in [1.807, 2.05) is 42.5 Å². The molecule has 3 rings (SSSR count). The molecule has 0 radical (unpaired) electrons. The number of nitrogens with zero attached hydrogens (tertiary/aromatic N) is 2. The second-order valence-electron chi connectivity index (χ2n) is 6.17. The molecule has 0 spiro atoms. The van der Waals surface area contributed by atoms with Crippen molar-refractivity contribution in [1.82, 2.24) is 4.31 Å². The fraction of sp³-hybridized carbons (Fsp3) is 0.150. The molecule has 7 heteroatoms. The summed E-state index contributed by atoms with van der Waals surface area (Å²) < 4.78 is 39.2. The third kappa shape index (κ3) is 3.84. The van der Waals surface area contributed by atoms with Gasteiger partial charge in [-0.3, -0.25) is 4.79 Å². The number of hydrogen-bond donors (Lipinski definition) is 0. The number of halogens is 1. The molecule has 3 aromatic carbocycles. The van der Waals surface area contributed by atoms with Crippen LogP contribution < -0.4 is 4.90 Å². The summed E-state index contributed by atoms with van der Waals surface area (Å²) in [5.74, 6) is -0.900. The van der Waals surface area contributed by atoms with E-state index in [9.17, 15) is 17.6 Å². The average molecular weight is 386 g/mol. The van der Waals surface area contributed by atoms with Crippen LogP contribution in [0.5, 0.6) is 0 Å². The fourth-order valence-corrected chi connectivity index (χ4v) is 3.92. The predicted octanol–water partition coefficient (Wildman–Crippen LogP) is 3.26. The van der Waals surface area contributed by atoms with Crippen LogP contribution in [0.3, 0.4) is 0 Å². The summed E-state index contributed by atoms with van der Waals surface area (Å²) in [6.45, 7) is -0.334. The molecule has 0 heterocycles. The number of amides is 1. The molecule has 0 unspecified atom stereocenters. The van der Waals surface area contributed by atoms with Crippen LogP contribution in [0.2, 0.25) is 0 Å². The zero-order valence-corrected chi connectivity index (χ0v) is 15.8. The Morgan fingerprint density at radius 1 is 0.926 bits per heavy atom. The Morgan fingerprint density at radius 2 is 1.56 bits per heavy atom. The smallest absolute Gasteiger partial charge is 0.243 e. The molecule has 0 aliphatic rings. The number of anilines is 1. The summed E-state index contributed by atoms with van der Waals surface area (Å²) in [4.78, 5) is 14.1. The van der Waals surface area contributed by atoms with E-state index in [4.69, 9.17) is 0 Å². The van der Waals surface area contributed by atoms with Crippen molar-refractivity contribution < 1.29 is 17.6 Å². The van der Waals surface area contributed by atoms with Gasteiger partial charge in [0.15, 0.2) is 0 Å². The molecule has 0 N–H and O–H groups in total. The van der Waals surface area contributed by atoms with Crippen LogP contribution in [0.15, 0.2) is 71.6 Å². The highest BCUT2D eigenvalue weighted by atomic mass is 32.2. The van der Waals surface area contributed by atoms with Crippen LogP contribution in [0.4, 0.5) is 10.1 Å². The van der Waals surface area contributed by atoms with Crippen molar-refractivity contribution in [1.29, 1.82) is 0 Å². The van der Waals surface area contributed by atoms with Crippen LogP contribution in [0.1, 0.15) is 0 Å². The van der Waals surface area contributed by atoms with Gasteiger partial charge < -0.3 is 4.90 Å². The van der Waals surface area contributed by atoms with Gasteiger partial charge in [-0.05, 0) is 35.7 Å². The van der Waals surface area contributed by atoms with Crippen molar-refractivity contribution >= 4 is 32.4 Å². The first kappa shape index (κ1) is 19.0. The molecule has 0 atom stereocenters. The molecule has 27 heavy (non-hydrogen) atoms. The third-order valence-corrected chi connectivity index (χ3v) is 6.20. The molecular weight excluding hydrogens is 367 g/mol. The molecule has 1 amide bonds. The third-order valence-electron chi connectivity index (χ3n) is 4.38. The maximum absolute atomic E-state index is 13.0. The lowest BCUT2D eigenvalue weighted by Gasteiger charge is -2.23. The minimum absolute atomic E-state index is 0.0630. The van der Waals surface area contributed by atoms with Gasteiger partial charge >= 0.3 is 0 Å². The number of hydrogen-bond acceptors (Lipinski definition) is 3. The number of likely N-dealkylation sites (N-methyl/N-ethyl adjacent to an activating group) is 2. The number of sulfonamides is 1. The van der Waals surface area contributed by atoms with Gasteiger partial charge in [-0.2, -0.15) is 4.31 Å². The first-order valence-electron chi connectivity index (χ1n) is 8.27. The Kier molecular flexibility index (Phi) is 5.25. The van der Waals surface area contributed by atoms with Gasteiger partial charge in [0, 0.05) is 19.5 Å². The molecule has 0 saturated carbocycles. The van der Waals surface area contributed by atoms with E-state index in [-0.39, 0.29) is 17.3 Å². The van der Waals surface area contributed by atoms with E-state index in [2.05, 4.69) is 0 Å². The molecule has 140 valence electrons. The van der Waals surface area contributed by atoms with Crippen molar-refractivity contribution in [2.24, 2.45) is 0 Å². The topological polar surface area (TPSA) is 57.7 Å². The van der Waals surface area contributed by atoms with Gasteiger partial charge in [0.2, 0.25) is 15.9 Å². The molecule has 0 aliphatic carbocycles. The molecule has 0 aromatic heterocycles. The van der Waals surface area contributed by atoms with E-state index in [1.54, 1.807) is 7.05 Å². The van der Waals surface area contributed by atoms with E-state index in [0.29, 0.717) is 5.69 Å². The van der Waals surface area contributed by atoms with Gasteiger partial charge in [0.1, 0.15) is 5.82 Å². The summed E-state index contributed by atoms with van der Waals surface area (Å²) in [5, 5.41) is 1.89. The second-order valence-corrected chi connectivity index (χ2v) is 8.21. The second kappa shape index (κ2) is 7.46. The van der Waals surface area contributed by atoms with E-state index < -0.39 is 15.8 Å². The standard InChI is InChI=1S/C20H19FN2O3S/c1-22(27(25,26)17-12-10-16(21)11-13-17)14-20(24)23(2)19-9-5-7-15-6-3-4-8-18(15)19/h3-13H,14H2,1-2H3. The van der Waals surface area contributed by atoms with Crippen molar-refractivity contribution in [2.75, 3.05) is 25.5 Å². The van der Waals surface area contributed by atoms with Crippen LogP contribution in [-0.4, -0.2) is 39.3 Å². The number of carbonyl (C=O) groups is 1. The largest absolute Gasteiger partial charge is 0.314 e. The highest BCUT2D eigenvalue weighted by molar-refractivity contribution is 7.89. The zero-order valence-electron chi connectivity index (χ0n) is 15.0. The Hall–Kier alpha value is -2.77.